The molecule has 1 aromatic heterocycles. The maximum atomic E-state index is 5.80. The number of aromatic amines is 1. The second-order valence-corrected chi connectivity index (χ2v) is 5.21. The van der Waals surface area contributed by atoms with Gasteiger partial charge >= 0.3 is 0 Å². The number of anilines is 1. The third kappa shape index (κ3) is 1.89. The van der Waals surface area contributed by atoms with Crippen molar-refractivity contribution in [2.75, 3.05) is 31.2 Å². The van der Waals surface area contributed by atoms with Gasteiger partial charge in [-0.3, -0.25) is 0 Å². The van der Waals surface area contributed by atoms with Crippen molar-refractivity contribution in [1.82, 2.24) is 9.97 Å². The molecule has 4 rings (SSSR count). The molecule has 0 unspecified atom stereocenters. The number of piperidine rings is 1. The summed E-state index contributed by atoms with van der Waals surface area (Å²) in [6.45, 7) is 3.16. The number of fused-ring (bicyclic) bond motifs is 1. The molecule has 0 bridgehead atoms. The Labute approximate surface area is 111 Å². The zero-order valence-corrected chi connectivity index (χ0v) is 10.8. The van der Waals surface area contributed by atoms with Gasteiger partial charge in [-0.05, 0) is 18.6 Å². The Morgan fingerprint density at radius 3 is 2.89 bits per heavy atom. The molecule has 0 radical (unpaired) electrons. The first kappa shape index (κ1) is 11.3. The number of benzene rings is 1. The molecular formula is C14H17N3O2. The van der Waals surface area contributed by atoms with E-state index in [2.05, 4.69) is 14.9 Å². The standard InChI is InChI=1S/C14H17N3O2/c1-2-5-12-11(4-1)15-13(16-12)17-7-3-6-14(10-17)18-8-9-19-14/h1-2,4-5H,3,6-10H2,(H,15,16). The van der Waals surface area contributed by atoms with Gasteiger partial charge in [0.05, 0.1) is 30.8 Å². The Morgan fingerprint density at radius 1 is 1.21 bits per heavy atom. The molecule has 1 aromatic carbocycles. The van der Waals surface area contributed by atoms with E-state index >= 15 is 0 Å². The lowest BCUT2D eigenvalue weighted by molar-refractivity contribution is -0.161. The number of nitrogens with one attached hydrogen (secondary N) is 1. The Kier molecular flexibility index (Phi) is 2.50. The van der Waals surface area contributed by atoms with Crippen LogP contribution in [-0.4, -0.2) is 42.1 Å². The van der Waals surface area contributed by atoms with Gasteiger partial charge in [0.25, 0.3) is 0 Å². The van der Waals surface area contributed by atoms with Crippen LogP contribution in [-0.2, 0) is 9.47 Å². The molecule has 0 saturated carbocycles. The first-order valence-electron chi connectivity index (χ1n) is 6.82. The molecule has 2 aromatic rings. The molecule has 2 saturated heterocycles. The largest absolute Gasteiger partial charge is 0.346 e. The Hall–Kier alpha value is -1.59. The number of para-hydroxylation sites is 2. The average molecular weight is 259 g/mol. The van der Waals surface area contributed by atoms with Gasteiger partial charge in [-0.15, -0.1) is 0 Å². The summed E-state index contributed by atoms with van der Waals surface area (Å²) in [4.78, 5) is 10.3. The predicted octanol–water partition coefficient (Wildman–Crippen LogP) is 1.91. The fourth-order valence-electron chi connectivity index (χ4n) is 2.99. The van der Waals surface area contributed by atoms with Crippen LogP contribution < -0.4 is 4.90 Å². The topological polar surface area (TPSA) is 50.4 Å². The summed E-state index contributed by atoms with van der Waals surface area (Å²) in [6, 6.07) is 8.10. The summed E-state index contributed by atoms with van der Waals surface area (Å²) in [5, 5.41) is 0. The van der Waals surface area contributed by atoms with E-state index < -0.39 is 5.79 Å². The van der Waals surface area contributed by atoms with Crippen molar-refractivity contribution in [3.63, 3.8) is 0 Å². The number of nitrogens with zero attached hydrogens (tertiary/aromatic N) is 2. The average Bonchev–Trinajstić information content (AvgIpc) is 3.05. The first-order valence-corrected chi connectivity index (χ1v) is 6.82. The lowest BCUT2D eigenvalue weighted by Gasteiger charge is -2.38. The molecule has 0 amide bonds. The van der Waals surface area contributed by atoms with Crippen LogP contribution in [0.4, 0.5) is 5.95 Å². The van der Waals surface area contributed by atoms with Gasteiger partial charge in [0.15, 0.2) is 5.79 Å². The third-order valence-electron chi connectivity index (χ3n) is 3.91. The van der Waals surface area contributed by atoms with Crippen LogP contribution in [0.3, 0.4) is 0 Å². The molecule has 2 aliphatic heterocycles. The molecule has 5 heteroatoms. The first-order chi connectivity index (χ1) is 9.35. The molecule has 100 valence electrons. The number of ether oxygens (including phenoxy) is 2. The summed E-state index contributed by atoms with van der Waals surface area (Å²) in [5.41, 5.74) is 2.08. The molecule has 3 heterocycles. The smallest absolute Gasteiger partial charge is 0.204 e. The van der Waals surface area contributed by atoms with Gasteiger partial charge in [-0.1, -0.05) is 12.1 Å². The van der Waals surface area contributed by atoms with Crippen LogP contribution in [0, 0.1) is 0 Å². The second kappa shape index (κ2) is 4.21. The van der Waals surface area contributed by atoms with Crippen LogP contribution in [0.15, 0.2) is 24.3 Å². The minimum absolute atomic E-state index is 0.406. The van der Waals surface area contributed by atoms with Crippen LogP contribution in [0.5, 0.6) is 0 Å². The van der Waals surface area contributed by atoms with E-state index in [1.165, 1.54) is 0 Å². The lowest BCUT2D eigenvalue weighted by Crippen LogP contribution is -2.49. The van der Waals surface area contributed by atoms with E-state index in [9.17, 15) is 0 Å². The Balaban J connectivity index is 1.64. The monoisotopic (exact) mass is 259 g/mol. The van der Waals surface area contributed by atoms with Crippen molar-refractivity contribution in [3.8, 4) is 0 Å². The van der Waals surface area contributed by atoms with Gasteiger partial charge in [0, 0.05) is 13.0 Å². The van der Waals surface area contributed by atoms with E-state index in [-0.39, 0.29) is 0 Å². The lowest BCUT2D eigenvalue weighted by atomic mass is 10.1. The molecule has 1 spiro atoms. The number of H-pyrrole nitrogens is 1. The number of rotatable bonds is 1. The quantitative estimate of drug-likeness (QED) is 0.850. The van der Waals surface area contributed by atoms with Gasteiger partial charge < -0.3 is 19.4 Å². The molecule has 19 heavy (non-hydrogen) atoms. The van der Waals surface area contributed by atoms with E-state index in [1.807, 2.05) is 24.3 Å². The van der Waals surface area contributed by atoms with Crippen molar-refractivity contribution in [2.45, 2.75) is 18.6 Å². The van der Waals surface area contributed by atoms with Crippen LogP contribution >= 0.6 is 0 Å². The van der Waals surface area contributed by atoms with Crippen LogP contribution in [0.1, 0.15) is 12.8 Å². The molecule has 2 aliphatic rings. The number of aromatic nitrogens is 2. The van der Waals surface area contributed by atoms with Gasteiger partial charge in [0.1, 0.15) is 0 Å². The maximum absolute atomic E-state index is 5.80. The summed E-state index contributed by atoms with van der Waals surface area (Å²) in [6.07, 6.45) is 2.04. The van der Waals surface area contributed by atoms with Crippen molar-refractivity contribution < 1.29 is 9.47 Å². The Morgan fingerprint density at radius 2 is 2.05 bits per heavy atom. The number of imidazole rings is 1. The molecule has 2 fully saturated rings. The maximum Gasteiger partial charge on any atom is 0.204 e. The second-order valence-electron chi connectivity index (χ2n) is 5.21. The number of hydrogen-bond acceptors (Lipinski definition) is 4. The predicted molar refractivity (Wildman–Crippen MR) is 72.2 cm³/mol. The normalized spacial score (nSPS) is 22.4. The highest BCUT2D eigenvalue weighted by Crippen LogP contribution is 2.32. The fraction of sp³-hybridized carbons (Fsp3) is 0.500. The molecular weight excluding hydrogens is 242 g/mol. The summed E-state index contributed by atoms with van der Waals surface area (Å²) in [5.74, 6) is 0.511. The summed E-state index contributed by atoms with van der Waals surface area (Å²) in [7, 11) is 0. The van der Waals surface area contributed by atoms with Crippen molar-refractivity contribution >= 4 is 17.0 Å². The van der Waals surface area contributed by atoms with Crippen molar-refractivity contribution in [2.24, 2.45) is 0 Å². The zero-order valence-electron chi connectivity index (χ0n) is 10.8. The minimum atomic E-state index is -0.406. The number of hydrogen-bond donors (Lipinski definition) is 1. The summed E-state index contributed by atoms with van der Waals surface area (Å²) < 4.78 is 11.6. The highest BCUT2D eigenvalue weighted by Gasteiger charge is 2.41. The SMILES string of the molecule is c1ccc2[nH]c(N3CCCC4(C3)OCCO4)nc2c1. The van der Waals surface area contributed by atoms with E-state index in [0.29, 0.717) is 13.2 Å². The van der Waals surface area contributed by atoms with Crippen LogP contribution in [0.25, 0.3) is 11.0 Å². The zero-order chi connectivity index (χ0) is 12.7. The summed E-state index contributed by atoms with van der Waals surface area (Å²) >= 11 is 0. The van der Waals surface area contributed by atoms with E-state index in [0.717, 1.165) is 42.9 Å². The van der Waals surface area contributed by atoms with Crippen LogP contribution in [0.2, 0.25) is 0 Å². The fourth-order valence-corrected chi connectivity index (χ4v) is 2.99. The van der Waals surface area contributed by atoms with E-state index in [4.69, 9.17) is 9.47 Å². The molecule has 5 nitrogen and oxygen atoms in total. The molecule has 0 aliphatic carbocycles. The third-order valence-corrected chi connectivity index (χ3v) is 3.91. The molecule has 0 atom stereocenters. The minimum Gasteiger partial charge on any atom is -0.346 e. The molecule has 1 N–H and O–H groups in total. The van der Waals surface area contributed by atoms with Gasteiger partial charge in [-0.2, -0.15) is 0 Å². The van der Waals surface area contributed by atoms with Gasteiger partial charge in [-0.25, -0.2) is 4.98 Å². The van der Waals surface area contributed by atoms with E-state index in [1.54, 1.807) is 0 Å². The highest BCUT2D eigenvalue weighted by molar-refractivity contribution is 5.77. The highest BCUT2D eigenvalue weighted by atomic mass is 16.7. The van der Waals surface area contributed by atoms with Crippen molar-refractivity contribution in [3.05, 3.63) is 24.3 Å². The van der Waals surface area contributed by atoms with Crippen molar-refractivity contribution in [1.29, 1.82) is 0 Å². The van der Waals surface area contributed by atoms with Gasteiger partial charge in [0.2, 0.25) is 5.95 Å². The Bertz CT molecular complexity index is 556.